The van der Waals surface area contributed by atoms with E-state index < -0.39 is 0 Å². The maximum Gasteiger partial charge on any atom is 0.253 e. The Balaban J connectivity index is 1.66. The molecular weight excluding hydrogens is 384 g/mol. The summed E-state index contributed by atoms with van der Waals surface area (Å²) in [6.45, 7) is 11.7. The molecule has 3 rings (SSSR count). The lowest BCUT2D eigenvalue weighted by Crippen LogP contribution is -2.35. The van der Waals surface area contributed by atoms with E-state index in [1.165, 1.54) is 11.8 Å². The van der Waals surface area contributed by atoms with E-state index in [0.29, 0.717) is 28.8 Å². The number of carbonyl (C=O) groups is 1. The number of benzene rings is 1. The van der Waals surface area contributed by atoms with Gasteiger partial charge in [-0.15, -0.1) is 5.10 Å². The standard InChI is InChI=1S/C21H28N6OS/c1-5-26(6-2)12-11-22-19(28)18-10-8-7-9-17(18)14-29-21-24-20-23-15(3)13-16(4)27(20)25-21/h7-10,13H,5-6,11-12,14H2,1-4H3,(H,22,28). The minimum absolute atomic E-state index is 0.0375. The molecule has 2 aromatic heterocycles. The summed E-state index contributed by atoms with van der Waals surface area (Å²) in [5, 5.41) is 8.22. The van der Waals surface area contributed by atoms with E-state index in [-0.39, 0.29) is 5.91 Å². The molecule has 0 aliphatic heterocycles. The third kappa shape index (κ3) is 5.33. The third-order valence-corrected chi connectivity index (χ3v) is 5.71. The molecule has 3 aromatic rings. The Morgan fingerprint density at radius 2 is 1.93 bits per heavy atom. The highest BCUT2D eigenvalue weighted by atomic mass is 32.2. The first kappa shape index (κ1) is 21.3. The monoisotopic (exact) mass is 412 g/mol. The van der Waals surface area contributed by atoms with Gasteiger partial charge in [-0.1, -0.05) is 43.8 Å². The zero-order valence-electron chi connectivity index (χ0n) is 17.5. The van der Waals surface area contributed by atoms with Gasteiger partial charge in [-0.25, -0.2) is 9.50 Å². The molecule has 0 bridgehead atoms. The van der Waals surface area contributed by atoms with Crippen LogP contribution in [-0.2, 0) is 5.75 Å². The fourth-order valence-corrected chi connectivity index (χ4v) is 4.00. The predicted molar refractivity (Wildman–Crippen MR) is 116 cm³/mol. The van der Waals surface area contributed by atoms with Crippen molar-refractivity contribution in [2.45, 2.75) is 38.6 Å². The molecule has 1 amide bonds. The van der Waals surface area contributed by atoms with Crippen molar-refractivity contribution in [1.82, 2.24) is 29.8 Å². The zero-order chi connectivity index (χ0) is 20.8. The van der Waals surface area contributed by atoms with Crippen LogP contribution in [0.25, 0.3) is 5.78 Å². The number of thioether (sulfide) groups is 1. The van der Waals surface area contributed by atoms with Crippen molar-refractivity contribution in [3.63, 3.8) is 0 Å². The lowest BCUT2D eigenvalue weighted by molar-refractivity contribution is 0.0948. The Bertz CT molecular complexity index is 982. The number of carbonyl (C=O) groups excluding carboxylic acids is 1. The molecule has 0 aliphatic carbocycles. The molecule has 0 saturated carbocycles. The summed E-state index contributed by atoms with van der Waals surface area (Å²) in [4.78, 5) is 23.9. The number of fused-ring (bicyclic) bond motifs is 1. The maximum atomic E-state index is 12.7. The smallest absolute Gasteiger partial charge is 0.253 e. The van der Waals surface area contributed by atoms with Crippen LogP contribution in [0.3, 0.4) is 0 Å². The zero-order valence-corrected chi connectivity index (χ0v) is 18.3. The van der Waals surface area contributed by atoms with Crippen LogP contribution in [0, 0.1) is 13.8 Å². The maximum absolute atomic E-state index is 12.7. The molecule has 0 fully saturated rings. The van der Waals surface area contributed by atoms with E-state index in [4.69, 9.17) is 0 Å². The van der Waals surface area contributed by atoms with Gasteiger partial charge < -0.3 is 10.2 Å². The molecule has 154 valence electrons. The number of nitrogens with one attached hydrogen (secondary N) is 1. The van der Waals surface area contributed by atoms with Crippen LogP contribution in [0.15, 0.2) is 35.5 Å². The number of amides is 1. The van der Waals surface area contributed by atoms with E-state index in [1.807, 2.05) is 44.2 Å². The van der Waals surface area contributed by atoms with E-state index in [9.17, 15) is 4.79 Å². The van der Waals surface area contributed by atoms with E-state index in [2.05, 4.69) is 39.1 Å². The molecule has 7 nitrogen and oxygen atoms in total. The summed E-state index contributed by atoms with van der Waals surface area (Å²) >= 11 is 1.51. The summed E-state index contributed by atoms with van der Waals surface area (Å²) in [5.74, 6) is 1.19. The van der Waals surface area contributed by atoms with E-state index >= 15 is 0 Å². The SMILES string of the molecule is CCN(CC)CCNC(=O)c1ccccc1CSc1nc2nc(C)cc(C)n2n1. The molecule has 1 N–H and O–H groups in total. The number of hydrogen-bond donors (Lipinski definition) is 1. The van der Waals surface area contributed by atoms with Crippen molar-refractivity contribution in [2.24, 2.45) is 0 Å². The quantitative estimate of drug-likeness (QED) is 0.544. The minimum atomic E-state index is -0.0375. The Morgan fingerprint density at radius 3 is 2.69 bits per heavy atom. The van der Waals surface area contributed by atoms with Gasteiger partial charge in [0.15, 0.2) is 0 Å². The van der Waals surface area contributed by atoms with Crippen molar-refractivity contribution in [3.05, 3.63) is 52.8 Å². The molecule has 0 saturated heterocycles. The molecule has 29 heavy (non-hydrogen) atoms. The number of aromatic nitrogens is 4. The van der Waals surface area contributed by atoms with Crippen LogP contribution < -0.4 is 5.32 Å². The highest BCUT2D eigenvalue weighted by Crippen LogP contribution is 2.22. The average Bonchev–Trinajstić information content (AvgIpc) is 3.13. The largest absolute Gasteiger partial charge is 0.351 e. The van der Waals surface area contributed by atoms with E-state index in [1.54, 1.807) is 4.52 Å². The molecule has 0 unspecified atom stereocenters. The van der Waals surface area contributed by atoms with Crippen molar-refractivity contribution in [2.75, 3.05) is 26.2 Å². The van der Waals surface area contributed by atoms with Crippen LogP contribution >= 0.6 is 11.8 Å². The van der Waals surface area contributed by atoms with Gasteiger partial charge in [-0.3, -0.25) is 4.79 Å². The van der Waals surface area contributed by atoms with Gasteiger partial charge in [0.2, 0.25) is 5.16 Å². The molecule has 0 atom stereocenters. The molecule has 0 spiro atoms. The van der Waals surface area contributed by atoms with Gasteiger partial charge in [-0.2, -0.15) is 4.98 Å². The van der Waals surface area contributed by atoms with Crippen LogP contribution in [-0.4, -0.2) is 56.6 Å². The van der Waals surface area contributed by atoms with Crippen molar-refractivity contribution >= 4 is 23.4 Å². The Hall–Kier alpha value is -2.45. The van der Waals surface area contributed by atoms with Gasteiger partial charge >= 0.3 is 0 Å². The lowest BCUT2D eigenvalue weighted by atomic mass is 10.1. The minimum Gasteiger partial charge on any atom is -0.351 e. The molecular formula is C21H28N6OS. The van der Waals surface area contributed by atoms with Crippen molar-refractivity contribution in [3.8, 4) is 0 Å². The Labute approximate surface area is 175 Å². The molecule has 2 heterocycles. The summed E-state index contributed by atoms with van der Waals surface area (Å²) in [6, 6.07) is 9.68. The number of aryl methyl sites for hydroxylation is 2. The first-order valence-corrected chi connectivity index (χ1v) is 10.9. The van der Waals surface area contributed by atoms with Crippen LogP contribution in [0.5, 0.6) is 0 Å². The molecule has 1 aromatic carbocycles. The predicted octanol–water partition coefficient (Wildman–Crippen LogP) is 3.11. The molecule has 0 aliphatic rings. The normalized spacial score (nSPS) is 11.3. The second-order valence-corrected chi connectivity index (χ2v) is 7.82. The number of rotatable bonds is 9. The van der Waals surface area contributed by atoms with Crippen molar-refractivity contribution < 1.29 is 4.79 Å². The number of likely N-dealkylation sites (N-methyl/N-ethyl adjacent to an activating group) is 1. The summed E-state index contributed by atoms with van der Waals surface area (Å²) in [6.07, 6.45) is 0. The highest BCUT2D eigenvalue weighted by Gasteiger charge is 2.13. The highest BCUT2D eigenvalue weighted by molar-refractivity contribution is 7.98. The van der Waals surface area contributed by atoms with Gasteiger partial charge in [0, 0.05) is 35.8 Å². The molecule has 0 radical (unpaired) electrons. The van der Waals surface area contributed by atoms with Gasteiger partial charge in [0.25, 0.3) is 11.7 Å². The van der Waals surface area contributed by atoms with Gasteiger partial charge in [0.1, 0.15) is 0 Å². The van der Waals surface area contributed by atoms with Crippen LogP contribution in [0.2, 0.25) is 0 Å². The fraction of sp³-hybridized carbons (Fsp3) is 0.429. The number of hydrogen-bond acceptors (Lipinski definition) is 6. The second kappa shape index (κ2) is 9.84. The summed E-state index contributed by atoms with van der Waals surface area (Å²) in [5.41, 5.74) is 3.59. The fourth-order valence-electron chi connectivity index (χ4n) is 3.18. The van der Waals surface area contributed by atoms with Crippen molar-refractivity contribution in [1.29, 1.82) is 0 Å². The third-order valence-electron chi connectivity index (χ3n) is 4.83. The first-order valence-electron chi connectivity index (χ1n) is 9.94. The summed E-state index contributed by atoms with van der Waals surface area (Å²) in [7, 11) is 0. The Morgan fingerprint density at radius 1 is 1.17 bits per heavy atom. The Kier molecular flexibility index (Phi) is 7.22. The average molecular weight is 413 g/mol. The first-order chi connectivity index (χ1) is 14.0. The van der Waals surface area contributed by atoms with Crippen LogP contribution in [0.1, 0.15) is 41.2 Å². The summed E-state index contributed by atoms with van der Waals surface area (Å²) < 4.78 is 1.75. The van der Waals surface area contributed by atoms with E-state index in [0.717, 1.165) is 36.6 Å². The second-order valence-electron chi connectivity index (χ2n) is 6.87. The lowest BCUT2D eigenvalue weighted by Gasteiger charge is -2.18. The molecule has 8 heteroatoms. The van der Waals surface area contributed by atoms with Crippen LogP contribution in [0.4, 0.5) is 0 Å². The topological polar surface area (TPSA) is 75.4 Å². The van der Waals surface area contributed by atoms with Gasteiger partial charge in [-0.05, 0) is 44.6 Å². The van der Waals surface area contributed by atoms with Gasteiger partial charge in [0.05, 0.1) is 0 Å². The number of nitrogens with zero attached hydrogens (tertiary/aromatic N) is 5.